The second-order valence-electron chi connectivity index (χ2n) is 13.1. The molecule has 0 aliphatic carbocycles. The second kappa shape index (κ2) is 14.0. The van der Waals surface area contributed by atoms with E-state index in [9.17, 15) is 0 Å². The Morgan fingerprint density at radius 3 is 1.22 bits per heavy atom. The van der Waals surface area contributed by atoms with Crippen molar-refractivity contribution in [2.75, 3.05) is 0 Å². The zero-order valence-electron chi connectivity index (χ0n) is 29.4. The van der Waals surface area contributed by atoms with Gasteiger partial charge in [0.05, 0.1) is 0 Å². The van der Waals surface area contributed by atoms with Crippen molar-refractivity contribution < 1.29 is 0 Å². The normalized spacial score (nSPS) is 11.3. The molecule has 258 valence electrons. The number of fused-ring (bicyclic) bond motifs is 3. The molecule has 10 aromatic rings. The Balaban J connectivity index is 1.15. The van der Waals surface area contributed by atoms with E-state index in [1.54, 1.807) is 0 Å². The van der Waals surface area contributed by atoms with E-state index in [1.165, 1.54) is 25.7 Å². The minimum absolute atomic E-state index is 0.527. The van der Waals surface area contributed by atoms with Crippen molar-refractivity contribution in [3.8, 4) is 79.5 Å². The Kier molecular flexibility index (Phi) is 8.24. The third kappa shape index (κ3) is 6.22. The molecule has 0 aliphatic rings. The van der Waals surface area contributed by atoms with Gasteiger partial charge in [-0.05, 0) is 29.3 Å². The first-order chi connectivity index (χ1) is 27.2. The van der Waals surface area contributed by atoms with Crippen molar-refractivity contribution in [2.24, 2.45) is 0 Å². The van der Waals surface area contributed by atoms with Crippen LogP contribution in [-0.2, 0) is 0 Å². The minimum Gasteiger partial charge on any atom is -0.208 e. The van der Waals surface area contributed by atoms with Gasteiger partial charge >= 0.3 is 0 Å². The second-order valence-corrected chi connectivity index (χ2v) is 14.2. The van der Waals surface area contributed by atoms with E-state index in [2.05, 4.69) is 66.7 Å². The molecule has 0 spiro atoms. The third-order valence-corrected chi connectivity index (χ3v) is 10.7. The van der Waals surface area contributed by atoms with Crippen molar-refractivity contribution in [1.29, 1.82) is 0 Å². The Hall–Kier alpha value is -7.22. The van der Waals surface area contributed by atoms with E-state index in [0.29, 0.717) is 34.9 Å². The van der Waals surface area contributed by atoms with Crippen molar-refractivity contribution >= 4 is 31.5 Å². The lowest BCUT2D eigenvalue weighted by Gasteiger charge is -2.13. The first-order valence-electron chi connectivity index (χ1n) is 18.0. The molecule has 6 nitrogen and oxygen atoms in total. The van der Waals surface area contributed by atoms with Gasteiger partial charge in [0, 0.05) is 53.6 Å². The predicted molar refractivity (Wildman–Crippen MR) is 224 cm³/mol. The summed E-state index contributed by atoms with van der Waals surface area (Å²) in [6.45, 7) is 0. The Bertz CT molecular complexity index is 2920. The molecule has 0 atom stereocenters. The van der Waals surface area contributed by atoms with Crippen molar-refractivity contribution in [2.45, 2.75) is 0 Å². The van der Waals surface area contributed by atoms with Crippen LogP contribution in [0.3, 0.4) is 0 Å². The van der Waals surface area contributed by atoms with Crippen molar-refractivity contribution in [3.63, 3.8) is 0 Å². The lowest BCUT2D eigenvalue weighted by molar-refractivity contribution is 1.06. The lowest BCUT2D eigenvalue weighted by Crippen LogP contribution is -2.03. The molecule has 7 heteroatoms. The zero-order chi connectivity index (χ0) is 36.6. The van der Waals surface area contributed by atoms with E-state index < -0.39 is 0 Å². The summed E-state index contributed by atoms with van der Waals surface area (Å²) >= 11 is 1.82. The van der Waals surface area contributed by atoms with Crippen LogP contribution in [0.15, 0.2) is 182 Å². The van der Waals surface area contributed by atoms with Crippen LogP contribution >= 0.6 is 11.3 Å². The predicted octanol–water partition coefficient (Wildman–Crippen LogP) is 12.1. The van der Waals surface area contributed by atoms with Gasteiger partial charge in [-0.2, -0.15) is 0 Å². The summed E-state index contributed by atoms with van der Waals surface area (Å²) in [5.41, 5.74) is 7.46. The highest BCUT2D eigenvalue weighted by molar-refractivity contribution is 7.25. The number of hydrogen-bond acceptors (Lipinski definition) is 7. The fourth-order valence-corrected chi connectivity index (χ4v) is 8.12. The SMILES string of the molecule is c1ccc(-c2nc(-c3ccccc3)nc(-c3ccccc3-c3nc(-c4ccccc4)nc(-c4cccc(-c5cccc6sc7ccccc7c56)c4)n3)n2)cc1. The van der Waals surface area contributed by atoms with Crippen LogP contribution in [0.25, 0.3) is 99.6 Å². The fourth-order valence-electron chi connectivity index (χ4n) is 6.98. The van der Waals surface area contributed by atoms with Crippen molar-refractivity contribution in [3.05, 3.63) is 182 Å². The van der Waals surface area contributed by atoms with Crippen LogP contribution in [0.2, 0.25) is 0 Å². The van der Waals surface area contributed by atoms with E-state index in [0.717, 1.165) is 38.9 Å². The average Bonchev–Trinajstić information content (AvgIpc) is 3.66. The average molecular weight is 723 g/mol. The number of benzene rings is 7. The highest BCUT2D eigenvalue weighted by Crippen LogP contribution is 2.41. The van der Waals surface area contributed by atoms with Crippen molar-refractivity contribution in [1.82, 2.24) is 29.9 Å². The molecule has 0 bridgehead atoms. The molecule has 0 saturated heterocycles. The molecule has 0 saturated carbocycles. The molecule has 3 aromatic heterocycles. The summed E-state index contributed by atoms with van der Waals surface area (Å²) in [5.74, 6) is 3.39. The molecule has 0 radical (unpaired) electrons. The summed E-state index contributed by atoms with van der Waals surface area (Å²) in [5, 5.41) is 2.52. The molecular formula is C48H30N6S. The smallest absolute Gasteiger partial charge is 0.164 e. The standard InChI is InChI=1S/C48H30N6S/c1-4-16-31(17-5-1)43-49-44(32-18-6-2-7-19-32)52-47(51-43)37-24-10-11-25-38(37)48-53-45(33-20-8-3-9-21-33)50-46(54-48)35-23-14-22-34(30-35)36-27-15-29-41-42(36)39-26-12-13-28-40(39)55-41/h1-30H. The summed E-state index contributed by atoms with van der Waals surface area (Å²) in [6, 6.07) is 61.7. The molecule has 3 heterocycles. The molecule has 0 amide bonds. The zero-order valence-corrected chi connectivity index (χ0v) is 30.2. The Morgan fingerprint density at radius 2 is 0.655 bits per heavy atom. The topological polar surface area (TPSA) is 77.3 Å². The van der Waals surface area contributed by atoms with E-state index in [1.807, 2.05) is 127 Å². The largest absolute Gasteiger partial charge is 0.208 e. The van der Waals surface area contributed by atoms with Gasteiger partial charge in [0.2, 0.25) is 0 Å². The fraction of sp³-hybridized carbons (Fsp3) is 0. The van der Waals surface area contributed by atoms with E-state index >= 15 is 0 Å². The van der Waals surface area contributed by atoms with E-state index in [-0.39, 0.29) is 0 Å². The molecular weight excluding hydrogens is 693 g/mol. The summed E-state index contributed by atoms with van der Waals surface area (Å²) < 4.78 is 2.54. The van der Waals surface area contributed by atoms with Gasteiger partial charge in [-0.3, -0.25) is 0 Å². The highest BCUT2D eigenvalue weighted by atomic mass is 32.1. The molecule has 0 N–H and O–H groups in total. The number of thiophene rings is 1. The molecule has 0 fully saturated rings. The maximum absolute atomic E-state index is 5.19. The number of hydrogen-bond donors (Lipinski definition) is 0. The summed E-state index contributed by atoms with van der Waals surface area (Å²) in [4.78, 5) is 30.4. The van der Waals surface area contributed by atoms with Gasteiger partial charge in [0.25, 0.3) is 0 Å². The monoisotopic (exact) mass is 722 g/mol. The lowest BCUT2D eigenvalue weighted by atomic mass is 9.98. The van der Waals surface area contributed by atoms with Crippen LogP contribution in [-0.4, -0.2) is 29.9 Å². The molecule has 0 unspecified atom stereocenters. The highest BCUT2D eigenvalue weighted by Gasteiger charge is 2.20. The van der Waals surface area contributed by atoms with Crippen LogP contribution in [0.4, 0.5) is 0 Å². The third-order valence-electron chi connectivity index (χ3n) is 9.61. The minimum atomic E-state index is 0.527. The summed E-state index contributed by atoms with van der Waals surface area (Å²) in [6.07, 6.45) is 0. The van der Waals surface area contributed by atoms with Gasteiger partial charge in [-0.15, -0.1) is 11.3 Å². The van der Waals surface area contributed by atoms with Crippen LogP contribution in [0.1, 0.15) is 0 Å². The number of aromatic nitrogens is 6. The number of nitrogens with zero attached hydrogens (tertiary/aromatic N) is 6. The van der Waals surface area contributed by atoms with Gasteiger partial charge < -0.3 is 0 Å². The molecule has 0 aliphatic heterocycles. The number of rotatable bonds is 7. The maximum Gasteiger partial charge on any atom is 0.164 e. The molecule has 55 heavy (non-hydrogen) atoms. The maximum atomic E-state index is 5.19. The quantitative estimate of drug-likeness (QED) is 0.163. The summed E-state index contributed by atoms with van der Waals surface area (Å²) in [7, 11) is 0. The van der Waals surface area contributed by atoms with Gasteiger partial charge in [0.15, 0.2) is 34.9 Å². The van der Waals surface area contributed by atoms with Crippen LogP contribution < -0.4 is 0 Å². The van der Waals surface area contributed by atoms with Crippen LogP contribution in [0, 0.1) is 0 Å². The van der Waals surface area contributed by atoms with Gasteiger partial charge in [-0.25, -0.2) is 29.9 Å². The Labute approximate surface area is 321 Å². The van der Waals surface area contributed by atoms with Gasteiger partial charge in [0.1, 0.15) is 0 Å². The molecule has 10 rings (SSSR count). The molecule has 7 aromatic carbocycles. The van der Waals surface area contributed by atoms with Gasteiger partial charge in [-0.1, -0.05) is 164 Å². The Morgan fingerprint density at radius 1 is 0.273 bits per heavy atom. The van der Waals surface area contributed by atoms with Crippen LogP contribution in [0.5, 0.6) is 0 Å². The first-order valence-corrected chi connectivity index (χ1v) is 18.9. The first kappa shape index (κ1) is 32.4. The van der Waals surface area contributed by atoms with E-state index in [4.69, 9.17) is 29.9 Å².